The summed E-state index contributed by atoms with van der Waals surface area (Å²) in [4.78, 5) is 26.0. The summed E-state index contributed by atoms with van der Waals surface area (Å²) in [5.74, 6) is -0.714. The number of anilines is 1. The molecule has 27 heavy (non-hydrogen) atoms. The van der Waals surface area contributed by atoms with E-state index in [1.54, 1.807) is 6.07 Å². The number of nitrogens with two attached hydrogens (primary N) is 1. The summed E-state index contributed by atoms with van der Waals surface area (Å²) in [5.41, 5.74) is 6.29. The van der Waals surface area contributed by atoms with Gasteiger partial charge in [0.25, 0.3) is 0 Å². The van der Waals surface area contributed by atoms with Crippen LogP contribution in [0.25, 0.3) is 10.9 Å². The second kappa shape index (κ2) is 5.79. The molecule has 3 fully saturated rings. The van der Waals surface area contributed by atoms with Crippen LogP contribution < -0.4 is 16.1 Å². The van der Waals surface area contributed by atoms with E-state index in [0.29, 0.717) is 23.0 Å². The molecule has 0 spiro atoms. The third-order valence-corrected chi connectivity index (χ3v) is 6.54. The number of aromatic carboxylic acids is 1. The van der Waals surface area contributed by atoms with Crippen LogP contribution in [0.1, 0.15) is 42.1 Å². The topological polar surface area (TPSA) is 88.6 Å². The van der Waals surface area contributed by atoms with Gasteiger partial charge in [-0.15, -0.1) is 0 Å². The van der Waals surface area contributed by atoms with Gasteiger partial charge in [0.15, 0.2) is 0 Å². The zero-order valence-corrected chi connectivity index (χ0v) is 14.9. The number of carboxylic acid groups (broad SMARTS) is 1. The molecule has 1 aliphatic heterocycles. The summed E-state index contributed by atoms with van der Waals surface area (Å²) >= 11 is 0. The lowest BCUT2D eigenvalue weighted by atomic mass is 9.66. The third-order valence-electron chi connectivity index (χ3n) is 6.54. The number of benzene rings is 1. The first-order valence-electron chi connectivity index (χ1n) is 9.56. The Hall–Kier alpha value is -2.41. The van der Waals surface area contributed by atoms with E-state index < -0.39 is 17.2 Å². The second-order valence-electron chi connectivity index (χ2n) is 8.19. The number of hydrogen-bond donors (Lipinski definition) is 2. The van der Waals surface area contributed by atoms with Crippen molar-refractivity contribution in [3.8, 4) is 0 Å². The summed E-state index contributed by atoms with van der Waals surface area (Å²) in [6.45, 7) is 1.51. The van der Waals surface area contributed by atoms with Gasteiger partial charge >= 0.3 is 5.97 Å². The molecule has 2 heterocycles. The Balaban J connectivity index is 1.64. The molecule has 1 aromatic carbocycles. The van der Waals surface area contributed by atoms with E-state index in [-0.39, 0.29) is 23.0 Å². The van der Waals surface area contributed by atoms with Crippen LogP contribution in [0.5, 0.6) is 0 Å². The van der Waals surface area contributed by atoms with Gasteiger partial charge in [0.05, 0.1) is 11.2 Å². The number of rotatable bonds is 3. The Morgan fingerprint density at radius 3 is 2.70 bits per heavy atom. The van der Waals surface area contributed by atoms with Crippen LogP contribution in [0, 0.1) is 17.7 Å². The molecule has 0 radical (unpaired) electrons. The molecule has 0 amide bonds. The highest BCUT2D eigenvalue weighted by atomic mass is 19.1. The van der Waals surface area contributed by atoms with Gasteiger partial charge in [-0.25, -0.2) is 9.18 Å². The van der Waals surface area contributed by atoms with Crippen molar-refractivity contribution < 1.29 is 14.3 Å². The Labute approximate surface area is 155 Å². The zero-order chi connectivity index (χ0) is 18.9. The number of carbonyl (C=O) groups is 1. The molecule has 3 unspecified atom stereocenters. The third kappa shape index (κ3) is 2.56. The molecule has 3 N–H and O–H groups in total. The number of pyridine rings is 1. The van der Waals surface area contributed by atoms with Gasteiger partial charge in [-0.1, -0.05) is 0 Å². The van der Waals surface area contributed by atoms with E-state index in [2.05, 4.69) is 0 Å². The van der Waals surface area contributed by atoms with Crippen LogP contribution in [0.4, 0.5) is 10.1 Å². The molecule has 1 aromatic heterocycles. The van der Waals surface area contributed by atoms with Crippen molar-refractivity contribution in [1.29, 1.82) is 0 Å². The van der Waals surface area contributed by atoms with Crippen LogP contribution in [0.3, 0.4) is 0 Å². The summed E-state index contributed by atoms with van der Waals surface area (Å²) in [5, 5.41) is 9.47. The van der Waals surface area contributed by atoms with Gasteiger partial charge < -0.3 is 20.3 Å². The Kier molecular flexibility index (Phi) is 3.59. The number of nitrogens with zero attached hydrogens (tertiary/aromatic N) is 2. The first kappa shape index (κ1) is 16.7. The predicted octanol–water partition coefficient (Wildman–Crippen LogP) is 2.35. The maximum absolute atomic E-state index is 14.9. The van der Waals surface area contributed by atoms with Gasteiger partial charge in [0.1, 0.15) is 11.4 Å². The van der Waals surface area contributed by atoms with Crippen molar-refractivity contribution in [2.24, 2.45) is 17.6 Å². The minimum atomic E-state index is -1.28. The average Bonchev–Trinajstić information content (AvgIpc) is 3.46. The van der Waals surface area contributed by atoms with E-state index in [4.69, 9.17) is 5.73 Å². The lowest BCUT2D eigenvalue weighted by molar-refractivity contribution is 0.0695. The van der Waals surface area contributed by atoms with Crippen molar-refractivity contribution in [3.63, 3.8) is 0 Å². The van der Waals surface area contributed by atoms with Crippen molar-refractivity contribution in [1.82, 2.24) is 4.57 Å². The second-order valence-corrected chi connectivity index (χ2v) is 8.19. The van der Waals surface area contributed by atoms with Crippen LogP contribution >= 0.6 is 0 Å². The lowest BCUT2D eigenvalue weighted by Crippen LogP contribution is -2.56. The molecule has 142 valence electrons. The molecule has 0 bridgehead atoms. The number of fused-ring (bicyclic) bond motifs is 2. The molecule has 2 saturated carbocycles. The number of aromatic nitrogens is 1. The monoisotopic (exact) mass is 371 g/mol. The molecule has 3 aliphatic rings. The maximum Gasteiger partial charge on any atom is 0.341 e. The predicted molar refractivity (Wildman–Crippen MR) is 99.8 cm³/mol. The SMILES string of the molecule is NC1CC2CCN(c3cc4c(cc3F)c(=O)c(C(=O)O)cn4C3CC3)CC12. The fourth-order valence-corrected chi connectivity index (χ4v) is 4.76. The first-order chi connectivity index (χ1) is 12.9. The van der Waals surface area contributed by atoms with Crippen molar-refractivity contribution in [2.45, 2.75) is 37.8 Å². The smallest absolute Gasteiger partial charge is 0.341 e. The highest BCUT2D eigenvalue weighted by Gasteiger charge is 2.42. The Morgan fingerprint density at radius 2 is 2.04 bits per heavy atom. The Morgan fingerprint density at radius 1 is 1.26 bits per heavy atom. The van der Waals surface area contributed by atoms with Gasteiger partial charge in [-0.3, -0.25) is 4.79 Å². The van der Waals surface area contributed by atoms with Crippen molar-refractivity contribution >= 4 is 22.6 Å². The van der Waals surface area contributed by atoms with Crippen molar-refractivity contribution in [3.05, 3.63) is 39.9 Å². The Bertz CT molecular complexity index is 1010. The molecule has 1 saturated heterocycles. The first-order valence-corrected chi connectivity index (χ1v) is 9.56. The van der Waals surface area contributed by atoms with Crippen molar-refractivity contribution in [2.75, 3.05) is 18.0 Å². The summed E-state index contributed by atoms with van der Waals surface area (Å²) in [6, 6.07) is 3.30. The van der Waals surface area contributed by atoms with Gasteiger partial charge in [-0.05, 0) is 49.7 Å². The van der Waals surface area contributed by atoms with E-state index in [1.807, 2.05) is 9.47 Å². The van der Waals surface area contributed by atoms with Crippen LogP contribution in [0.15, 0.2) is 23.1 Å². The lowest BCUT2D eigenvalue weighted by Gasteiger charge is -2.50. The average molecular weight is 371 g/mol. The molecule has 2 aromatic rings. The summed E-state index contributed by atoms with van der Waals surface area (Å²) < 4.78 is 16.8. The molecule has 5 rings (SSSR count). The number of halogens is 1. The van der Waals surface area contributed by atoms with Gasteiger partial charge in [-0.2, -0.15) is 0 Å². The van der Waals surface area contributed by atoms with Gasteiger partial charge in [0, 0.05) is 36.8 Å². The van der Waals surface area contributed by atoms with Crippen LogP contribution in [-0.4, -0.2) is 34.8 Å². The summed E-state index contributed by atoms with van der Waals surface area (Å²) in [6.07, 6.45) is 5.35. The van der Waals surface area contributed by atoms with E-state index in [9.17, 15) is 19.1 Å². The maximum atomic E-state index is 14.9. The van der Waals surface area contributed by atoms with E-state index in [0.717, 1.165) is 38.8 Å². The quantitative estimate of drug-likeness (QED) is 0.865. The fourth-order valence-electron chi connectivity index (χ4n) is 4.76. The molecular formula is C20H22FN3O3. The minimum Gasteiger partial charge on any atom is -0.477 e. The molecule has 6 nitrogen and oxygen atoms in total. The number of hydrogen-bond acceptors (Lipinski definition) is 4. The molecule has 7 heteroatoms. The van der Waals surface area contributed by atoms with Crippen LogP contribution in [0.2, 0.25) is 0 Å². The number of carboxylic acids is 1. The van der Waals surface area contributed by atoms with Crippen LogP contribution in [-0.2, 0) is 0 Å². The number of piperidine rings is 1. The fraction of sp³-hybridized carbons (Fsp3) is 0.500. The highest BCUT2D eigenvalue weighted by molar-refractivity contribution is 5.93. The molecular weight excluding hydrogens is 349 g/mol. The van der Waals surface area contributed by atoms with E-state index in [1.165, 1.54) is 12.3 Å². The molecule has 3 atom stereocenters. The zero-order valence-electron chi connectivity index (χ0n) is 14.9. The summed E-state index contributed by atoms with van der Waals surface area (Å²) in [7, 11) is 0. The normalized spacial score (nSPS) is 27.3. The van der Waals surface area contributed by atoms with E-state index >= 15 is 0 Å². The largest absolute Gasteiger partial charge is 0.477 e. The molecule has 2 aliphatic carbocycles. The standard InChI is InChI=1S/C20H22FN3O3/c21-15-6-12-17(24(11-1-2-11)9-14(19(12)25)20(26)27)7-18(15)23-4-3-10-5-16(22)13(10)8-23/h6-7,9-11,13,16H,1-5,8,22H2,(H,26,27). The minimum absolute atomic E-state index is 0.137. The van der Waals surface area contributed by atoms with Gasteiger partial charge in [0.2, 0.25) is 5.43 Å². The highest BCUT2D eigenvalue weighted by Crippen LogP contribution is 2.42.